The summed E-state index contributed by atoms with van der Waals surface area (Å²) in [6, 6.07) is 3.62. The number of aromatic nitrogens is 3. The third-order valence-corrected chi connectivity index (χ3v) is 3.35. The van der Waals surface area contributed by atoms with Crippen LogP contribution in [0.3, 0.4) is 0 Å². The van der Waals surface area contributed by atoms with Crippen molar-refractivity contribution in [2.24, 2.45) is 7.05 Å². The molecule has 1 amide bonds. The molecule has 2 aromatic heterocycles. The standard InChI is InChI=1S/C15H21N5O/c1-4-6-16-13-5-7-17-14(8-13)15(21)18-9-12-10-19-20(3)11(12)2/h5,7-8,10H,4,6,9H2,1-3H3,(H,16,17)(H,18,21). The van der Waals surface area contributed by atoms with Gasteiger partial charge in [-0.05, 0) is 25.5 Å². The SMILES string of the molecule is CCCNc1ccnc(C(=O)NCc2cnn(C)c2C)c1. The van der Waals surface area contributed by atoms with Crippen molar-refractivity contribution < 1.29 is 4.79 Å². The molecule has 0 radical (unpaired) electrons. The van der Waals surface area contributed by atoms with E-state index in [1.54, 1.807) is 23.1 Å². The minimum atomic E-state index is -0.182. The number of aryl methyl sites for hydroxylation is 1. The van der Waals surface area contributed by atoms with Crippen LogP contribution in [0.1, 0.15) is 35.1 Å². The first kappa shape index (κ1) is 15.0. The third-order valence-electron chi connectivity index (χ3n) is 3.35. The Balaban J connectivity index is 1.98. The molecule has 0 unspecified atom stereocenters. The van der Waals surface area contributed by atoms with Crippen molar-refractivity contribution in [3.05, 3.63) is 41.5 Å². The van der Waals surface area contributed by atoms with Gasteiger partial charge in [0, 0.05) is 43.3 Å². The Hall–Kier alpha value is -2.37. The van der Waals surface area contributed by atoms with Gasteiger partial charge >= 0.3 is 0 Å². The maximum atomic E-state index is 12.1. The lowest BCUT2D eigenvalue weighted by atomic mass is 10.2. The number of nitrogens with one attached hydrogen (secondary N) is 2. The third kappa shape index (κ3) is 3.81. The van der Waals surface area contributed by atoms with Crippen LogP contribution in [-0.2, 0) is 13.6 Å². The molecule has 2 aromatic rings. The fourth-order valence-corrected chi connectivity index (χ4v) is 1.92. The summed E-state index contributed by atoms with van der Waals surface area (Å²) in [5, 5.41) is 10.3. The number of pyridine rings is 1. The second-order valence-corrected chi connectivity index (χ2v) is 4.92. The van der Waals surface area contributed by atoms with E-state index < -0.39 is 0 Å². The maximum absolute atomic E-state index is 12.1. The molecule has 0 bridgehead atoms. The van der Waals surface area contributed by atoms with Gasteiger partial charge in [0.2, 0.25) is 0 Å². The van der Waals surface area contributed by atoms with E-state index in [1.165, 1.54) is 0 Å². The van der Waals surface area contributed by atoms with Gasteiger partial charge < -0.3 is 10.6 Å². The fourth-order valence-electron chi connectivity index (χ4n) is 1.92. The van der Waals surface area contributed by atoms with Gasteiger partial charge in [-0.3, -0.25) is 14.5 Å². The molecular formula is C15H21N5O. The first-order valence-electron chi connectivity index (χ1n) is 7.07. The topological polar surface area (TPSA) is 71.8 Å². The van der Waals surface area contributed by atoms with Crippen molar-refractivity contribution in [1.29, 1.82) is 0 Å². The number of carbonyl (C=O) groups excluding carboxylic acids is 1. The lowest BCUT2D eigenvalue weighted by Gasteiger charge is -2.07. The number of amides is 1. The summed E-state index contributed by atoms with van der Waals surface area (Å²) in [5.41, 5.74) is 3.37. The molecule has 6 heteroatoms. The molecule has 2 N–H and O–H groups in total. The number of rotatable bonds is 6. The molecular weight excluding hydrogens is 266 g/mol. The first-order chi connectivity index (χ1) is 10.1. The Kier molecular flexibility index (Phi) is 4.92. The molecule has 0 saturated heterocycles. The molecule has 2 heterocycles. The molecule has 0 aliphatic rings. The van der Waals surface area contributed by atoms with Gasteiger partial charge in [-0.2, -0.15) is 5.10 Å². The van der Waals surface area contributed by atoms with Crippen molar-refractivity contribution in [3.63, 3.8) is 0 Å². The fraction of sp³-hybridized carbons (Fsp3) is 0.400. The number of nitrogens with zero attached hydrogens (tertiary/aromatic N) is 3. The van der Waals surface area contributed by atoms with Gasteiger partial charge in [-0.25, -0.2) is 0 Å². The monoisotopic (exact) mass is 287 g/mol. The molecule has 0 saturated carbocycles. The highest BCUT2D eigenvalue weighted by molar-refractivity contribution is 5.93. The van der Waals surface area contributed by atoms with E-state index in [0.717, 1.165) is 29.9 Å². The molecule has 0 spiro atoms. The van der Waals surface area contributed by atoms with E-state index >= 15 is 0 Å². The van der Waals surface area contributed by atoms with Crippen LogP contribution in [0.2, 0.25) is 0 Å². The smallest absolute Gasteiger partial charge is 0.270 e. The van der Waals surface area contributed by atoms with Crippen LogP contribution in [0.15, 0.2) is 24.5 Å². The van der Waals surface area contributed by atoms with Crippen LogP contribution in [-0.4, -0.2) is 27.2 Å². The first-order valence-corrected chi connectivity index (χ1v) is 7.07. The predicted molar refractivity (Wildman–Crippen MR) is 82.1 cm³/mol. The summed E-state index contributed by atoms with van der Waals surface area (Å²) in [4.78, 5) is 16.2. The van der Waals surface area contributed by atoms with Crippen molar-refractivity contribution in [1.82, 2.24) is 20.1 Å². The zero-order chi connectivity index (χ0) is 15.2. The zero-order valence-corrected chi connectivity index (χ0v) is 12.7. The van der Waals surface area contributed by atoms with E-state index in [4.69, 9.17) is 0 Å². The Morgan fingerprint density at radius 2 is 2.24 bits per heavy atom. The predicted octanol–water partition coefficient (Wildman–Crippen LogP) is 1.88. The van der Waals surface area contributed by atoms with E-state index in [9.17, 15) is 4.79 Å². The number of hydrogen-bond donors (Lipinski definition) is 2. The van der Waals surface area contributed by atoms with Gasteiger partial charge in [0.25, 0.3) is 5.91 Å². The highest BCUT2D eigenvalue weighted by Crippen LogP contribution is 2.09. The van der Waals surface area contributed by atoms with Crippen molar-refractivity contribution in [2.75, 3.05) is 11.9 Å². The summed E-state index contributed by atoms with van der Waals surface area (Å²) in [6.45, 7) is 5.40. The maximum Gasteiger partial charge on any atom is 0.270 e. The molecule has 0 fully saturated rings. The Bertz CT molecular complexity index is 620. The Labute approximate surface area is 124 Å². The quantitative estimate of drug-likeness (QED) is 0.851. The van der Waals surface area contributed by atoms with Gasteiger partial charge in [-0.15, -0.1) is 0 Å². The number of hydrogen-bond acceptors (Lipinski definition) is 4. The average Bonchev–Trinajstić information content (AvgIpc) is 2.82. The van der Waals surface area contributed by atoms with Gasteiger partial charge in [0.1, 0.15) is 5.69 Å². The van der Waals surface area contributed by atoms with Gasteiger partial charge in [-0.1, -0.05) is 6.92 Å². The molecule has 2 rings (SSSR count). The van der Waals surface area contributed by atoms with Crippen molar-refractivity contribution in [2.45, 2.75) is 26.8 Å². The number of carbonyl (C=O) groups is 1. The van der Waals surface area contributed by atoms with E-state index in [2.05, 4.69) is 27.6 Å². The second kappa shape index (κ2) is 6.88. The van der Waals surface area contributed by atoms with Crippen LogP contribution in [0.4, 0.5) is 5.69 Å². The molecule has 0 aliphatic carbocycles. The van der Waals surface area contributed by atoms with Crippen LogP contribution in [0.5, 0.6) is 0 Å². The molecule has 112 valence electrons. The number of anilines is 1. The largest absolute Gasteiger partial charge is 0.385 e. The molecule has 0 aliphatic heterocycles. The van der Waals surface area contributed by atoms with E-state index in [0.29, 0.717) is 12.2 Å². The van der Waals surface area contributed by atoms with E-state index in [1.807, 2.05) is 20.0 Å². The molecule has 21 heavy (non-hydrogen) atoms. The van der Waals surface area contributed by atoms with Crippen LogP contribution in [0, 0.1) is 6.92 Å². The highest BCUT2D eigenvalue weighted by atomic mass is 16.1. The lowest BCUT2D eigenvalue weighted by Crippen LogP contribution is -2.24. The molecule has 0 atom stereocenters. The molecule has 0 aromatic carbocycles. The minimum absolute atomic E-state index is 0.182. The van der Waals surface area contributed by atoms with Crippen molar-refractivity contribution in [3.8, 4) is 0 Å². The zero-order valence-electron chi connectivity index (χ0n) is 12.7. The van der Waals surface area contributed by atoms with E-state index in [-0.39, 0.29) is 5.91 Å². The summed E-state index contributed by atoms with van der Waals surface area (Å²) >= 11 is 0. The Morgan fingerprint density at radius 1 is 1.43 bits per heavy atom. The average molecular weight is 287 g/mol. The van der Waals surface area contributed by atoms with Crippen LogP contribution >= 0.6 is 0 Å². The minimum Gasteiger partial charge on any atom is -0.385 e. The summed E-state index contributed by atoms with van der Waals surface area (Å²) in [7, 11) is 1.88. The Morgan fingerprint density at radius 3 is 2.90 bits per heavy atom. The van der Waals surface area contributed by atoms with Crippen LogP contribution in [0.25, 0.3) is 0 Å². The summed E-state index contributed by atoms with van der Waals surface area (Å²) in [6.07, 6.45) is 4.44. The van der Waals surface area contributed by atoms with Crippen LogP contribution < -0.4 is 10.6 Å². The lowest BCUT2D eigenvalue weighted by molar-refractivity contribution is 0.0946. The van der Waals surface area contributed by atoms with Crippen molar-refractivity contribution >= 4 is 11.6 Å². The second-order valence-electron chi connectivity index (χ2n) is 4.92. The molecule has 6 nitrogen and oxygen atoms in total. The summed E-state index contributed by atoms with van der Waals surface area (Å²) in [5.74, 6) is -0.182. The van der Waals surface area contributed by atoms with Gasteiger partial charge in [0.05, 0.1) is 6.20 Å². The highest BCUT2D eigenvalue weighted by Gasteiger charge is 2.10. The van der Waals surface area contributed by atoms with Gasteiger partial charge in [0.15, 0.2) is 0 Å². The summed E-state index contributed by atoms with van der Waals surface area (Å²) < 4.78 is 1.79. The normalized spacial score (nSPS) is 10.4.